The van der Waals surface area contributed by atoms with Crippen LogP contribution in [0.5, 0.6) is 0 Å². The molecule has 1 heterocycles. The Balaban J connectivity index is 3.21. The standard InChI is InChI=1S/C42H76N10O11/c1-23(2)32-37(58)50-33(24(3)4)38(59)52-34(26(6)53)39(60)48-29(19-20-30(43)55)36(57)47-25(5)41(62)63-27(7)35(40(61)51-32)49-31(56)22-28(54)18-16-14-12-10-8-9-11-13-15-17-21-46-42(44)45/h23-29,32-35,53-54H,8-22H2,1-7H3,(H2,43,55)(H,47,57)(H,48,60)(H,49,56)(H,50,58)(H,51,61)(H,52,59)(H4,44,45,46)/t25-,26?,27?,28?,29-,32+,33-,34-,35-/m1/s1. The van der Waals surface area contributed by atoms with Gasteiger partial charge in [0.25, 0.3) is 0 Å². The zero-order valence-electron chi connectivity index (χ0n) is 38.2. The number of carbonyl (C=O) groups is 8. The molecular formula is C42H76N10O11. The van der Waals surface area contributed by atoms with Crippen LogP contribution in [0.2, 0.25) is 0 Å². The smallest absolute Gasteiger partial charge is 0.328 e. The van der Waals surface area contributed by atoms with Gasteiger partial charge < -0.3 is 64.1 Å². The molecule has 63 heavy (non-hydrogen) atoms. The topological polar surface area (TPSA) is 349 Å². The Morgan fingerprint density at radius 1 is 0.667 bits per heavy atom. The van der Waals surface area contributed by atoms with E-state index in [1.54, 1.807) is 27.7 Å². The van der Waals surface area contributed by atoms with Crippen molar-refractivity contribution < 1.29 is 53.3 Å². The van der Waals surface area contributed by atoms with Gasteiger partial charge in [0.1, 0.15) is 42.4 Å². The van der Waals surface area contributed by atoms with E-state index in [1.165, 1.54) is 20.8 Å². The van der Waals surface area contributed by atoms with E-state index < -0.39 is 114 Å². The van der Waals surface area contributed by atoms with E-state index in [1.807, 2.05) is 0 Å². The Morgan fingerprint density at radius 3 is 1.63 bits per heavy atom. The van der Waals surface area contributed by atoms with Crippen LogP contribution in [-0.4, -0.2) is 125 Å². The average molecular weight is 897 g/mol. The fraction of sp³-hybridized carbons (Fsp3) is 0.786. The second-order valence-electron chi connectivity index (χ2n) is 17.2. The second kappa shape index (κ2) is 29.3. The van der Waals surface area contributed by atoms with Gasteiger partial charge in [0, 0.05) is 13.0 Å². The van der Waals surface area contributed by atoms with Crippen LogP contribution < -0.4 is 49.1 Å². The van der Waals surface area contributed by atoms with Gasteiger partial charge in [0.2, 0.25) is 41.4 Å². The minimum Gasteiger partial charge on any atom is -0.458 e. The number of nitrogens with one attached hydrogen (secondary N) is 6. The van der Waals surface area contributed by atoms with Crippen LogP contribution in [0.4, 0.5) is 0 Å². The molecule has 360 valence electrons. The molecule has 14 N–H and O–H groups in total. The molecule has 3 unspecified atom stereocenters. The number of aliphatic hydroxyl groups excluding tert-OH is 2. The summed E-state index contributed by atoms with van der Waals surface area (Å²) < 4.78 is 5.56. The molecule has 0 radical (unpaired) electrons. The summed E-state index contributed by atoms with van der Waals surface area (Å²) in [5.41, 5.74) is 16.0. The van der Waals surface area contributed by atoms with E-state index in [0.29, 0.717) is 19.4 Å². The van der Waals surface area contributed by atoms with Crippen molar-refractivity contribution in [3.63, 3.8) is 0 Å². The summed E-state index contributed by atoms with van der Waals surface area (Å²) in [6, 6.07) is -8.70. The highest BCUT2D eigenvalue weighted by molar-refractivity contribution is 5.97. The molecule has 1 rings (SSSR count). The first-order valence-corrected chi connectivity index (χ1v) is 22.3. The highest BCUT2D eigenvalue weighted by atomic mass is 16.5. The second-order valence-corrected chi connectivity index (χ2v) is 17.2. The minimum absolute atomic E-state index is 0.112. The molecule has 21 nitrogen and oxygen atoms in total. The predicted molar refractivity (Wildman–Crippen MR) is 235 cm³/mol. The molecule has 1 saturated heterocycles. The van der Waals surface area contributed by atoms with E-state index in [4.69, 9.17) is 21.9 Å². The molecule has 0 aromatic rings. The van der Waals surface area contributed by atoms with Gasteiger partial charge >= 0.3 is 5.97 Å². The van der Waals surface area contributed by atoms with E-state index in [9.17, 15) is 48.6 Å². The quantitative estimate of drug-likeness (QED) is 0.0273. The number of hydrogen-bond donors (Lipinski definition) is 11. The Hall–Kier alpha value is -5.05. The van der Waals surface area contributed by atoms with E-state index in [-0.39, 0.29) is 25.2 Å². The van der Waals surface area contributed by atoms with Crippen molar-refractivity contribution in [3.8, 4) is 0 Å². The van der Waals surface area contributed by atoms with Crippen LogP contribution in [0, 0.1) is 11.8 Å². The number of primary amides is 1. The highest BCUT2D eigenvalue weighted by Gasteiger charge is 2.38. The summed E-state index contributed by atoms with van der Waals surface area (Å²) in [5.74, 6) is -8.16. The van der Waals surface area contributed by atoms with Gasteiger partial charge in [-0.15, -0.1) is 0 Å². The van der Waals surface area contributed by atoms with Gasteiger partial charge in [-0.1, -0.05) is 85.5 Å². The SMILES string of the molecule is CC(C)[C@@H]1NC(=O)[C@H](NC(=O)CC(O)CCCCCCCCCCCCN=C(N)N)C(C)OC(=O)[C@@H](C)NC(=O)[C@@H](CCC(N)=O)NC(=O)[C@@H](C(C)O)NC(=O)[C@@H](C(C)C)NC1=O. The van der Waals surface area contributed by atoms with Crippen LogP contribution in [0.25, 0.3) is 0 Å². The molecule has 21 heteroatoms. The van der Waals surface area contributed by atoms with Crippen molar-refractivity contribution in [1.29, 1.82) is 0 Å². The van der Waals surface area contributed by atoms with E-state index in [0.717, 1.165) is 57.8 Å². The molecule has 0 saturated carbocycles. The number of hydrogen-bond acceptors (Lipinski definition) is 12. The van der Waals surface area contributed by atoms with Crippen LogP contribution in [0.15, 0.2) is 4.99 Å². The van der Waals surface area contributed by atoms with Crippen LogP contribution >= 0.6 is 0 Å². The number of aliphatic hydroxyl groups is 2. The number of guanidine groups is 1. The Kier molecular flexibility index (Phi) is 26.1. The van der Waals surface area contributed by atoms with Crippen molar-refractivity contribution >= 4 is 53.3 Å². The van der Waals surface area contributed by atoms with Gasteiger partial charge in [0.15, 0.2) is 5.96 Å². The van der Waals surface area contributed by atoms with Crippen LogP contribution in [0.3, 0.4) is 0 Å². The summed E-state index contributed by atoms with van der Waals surface area (Å²) in [5, 5.41) is 36.2. The zero-order valence-corrected chi connectivity index (χ0v) is 38.2. The van der Waals surface area contributed by atoms with Crippen molar-refractivity contribution in [2.75, 3.05) is 6.54 Å². The molecule has 1 fully saturated rings. The summed E-state index contributed by atoms with van der Waals surface area (Å²) in [6.07, 6.45) is 5.43. The lowest BCUT2D eigenvalue weighted by atomic mass is 9.98. The number of rotatable bonds is 22. The predicted octanol–water partition coefficient (Wildman–Crippen LogP) is -0.866. The normalized spacial score (nSPS) is 24.3. The number of nitrogens with two attached hydrogens (primary N) is 3. The molecule has 0 spiro atoms. The largest absolute Gasteiger partial charge is 0.458 e. The molecule has 7 amide bonds. The summed E-state index contributed by atoms with van der Waals surface area (Å²) in [7, 11) is 0. The van der Waals surface area contributed by atoms with Crippen molar-refractivity contribution in [2.24, 2.45) is 34.0 Å². The average Bonchev–Trinajstić information content (AvgIpc) is 3.18. The first-order chi connectivity index (χ1) is 29.5. The summed E-state index contributed by atoms with van der Waals surface area (Å²) in [4.78, 5) is 110. The van der Waals surface area contributed by atoms with Gasteiger partial charge in [0.05, 0.1) is 18.6 Å². The van der Waals surface area contributed by atoms with E-state index in [2.05, 4.69) is 36.9 Å². The zero-order chi connectivity index (χ0) is 47.8. The monoisotopic (exact) mass is 897 g/mol. The molecule has 9 atom stereocenters. The lowest BCUT2D eigenvalue weighted by Crippen LogP contribution is -2.63. The number of ether oxygens (including phenoxy) is 1. The highest BCUT2D eigenvalue weighted by Crippen LogP contribution is 2.15. The number of esters is 1. The first kappa shape index (κ1) is 56.0. The molecule has 0 aliphatic carbocycles. The minimum atomic E-state index is -1.64. The first-order valence-electron chi connectivity index (χ1n) is 22.3. The lowest BCUT2D eigenvalue weighted by Gasteiger charge is -2.31. The molecule has 1 aliphatic rings. The van der Waals surface area contributed by atoms with Crippen LogP contribution in [-0.2, 0) is 43.1 Å². The third-order valence-corrected chi connectivity index (χ3v) is 10.6. The number of carbonyl (C=O) groups excluding carboxylic acids is 8. The summed E-state index contributed by atoms with van der Waals surface area (Å²) >= 11 is 0. The fourth-order valence-corrected chi connectivity index (χ4v) is 6.81. The van der Waals surface area contributed by atoms with Crippen LogP contribution in [0.1, 0.15) is 138 Å². The molecule has 1 aliphatic heterocycles. The van der Waals surface area contributed by atoms with Crippen molar-refractivity contribution in [2.45, 2.75) is 193 Å². The maximum absolute atomic E-state index is 14.0. The molecule has 0 aromatic heterocycles. The lowest BCUT2D eigenvalue weighted by molar-refractivity contribution is -0.155. The van der Waals surface area contributed by atoms with E-state index >= 15 is 0 Å². The molecule has 0 aromatic carbocycles. The molecule has 0 bridgehead atoms. The fourth-order valence-electron chi connectivity index (χ4n) is 6.81. The third kappa shape index (κ3) is 22.2. The number of cyclic esters (lactones) is 1. The summed E-state index contributed by atoms with van der Waals surface area (Å²) in [6.45, 7) is 10.9. The van der Waals surface area contributed by atoms with Gasteiger partial charge in [-0.2, -0.15) is 0 Å². The maximum Gasteiger partial charge on any atom is 0.328 e. The maximum atomic E-state index is 14.0. The number of nitrogens with zero attached hydrogens (tertiary/aromatic N) is 1. The Labute approximate surface area is 371 Å². The Bertz CT molecular complexity index is 1540. The number of amides is 7. The Morgan fingerprint density at radius 2 is 1.14 bits per heavy atom. The number of unbranched alkanes of at least 4 members (excludes halogenated alkanes) is 9. The van der Waals surface area contributed by atoms with Gasteiger partial charge in [-0.25, -0.2) is 4.79 Å². The molecular weight excluding hydrogens is 821 g/mol. The van der Waals surface area contributed by atoms with Gasteiger partial charge in [-0.3, -0.25) is 38.6 Å². The third-order valence-electron chi connectivity index (χ3n) is 10.6. The number of aliphatic imine (C=N–C) groups is 1. The van der Waals surface area contributed by atoms with Crippen molar-refractivity contribution in [3.05, 3.63) is 0 Å². The van der Waals surface area contributed by atoms with Crippen molar-refractivity contribution in [1.82, 2.24) is 31.9 Å². The van der Waals surface area contributed by atoms with Gasteiger partial charge in [-0.05, 0) is 51.9 Å².